The zero-order chi connectivity index (χ0) is 12.3. The molecule has 2 rings (SSSR count). The highest BCUT2D eigenvalue weighted by Gasteiger charge is 2.03. The number of hydrogen-bond donors (Lipinski definition) is 0. The maximum atomic E-state index is 6.06. The van der Waals surface area contributed by atoms with Gasteiger partial charge in [-0.25, -0.2) is 0 Å². The van der Waals surface area contributed by atoms with Gasteiger partial charge in [-0.05, 0) is 36.8 Å². The van der Waals surface area contributed by atoms with E-state index in [0.29, 0.717) is 22.4 Å². The van der Waals surface area contributed by atoms with Crippen LogP contribution in [-0.4, -0.2) is 4.98 Å². The Morgan fingerprint density at radius 1 is 1.18 bits per heavy atom. The van der Waals surface area contributed by atoms with E-state index in [1.54, 1.807) is 18.3 Å². The lowest BCUT2D eigenvalue weighted by molar-refractivity contribution is 0.301. The minimum atomic E-state index is 0.351. The molecule has 0 amide bonds. The summed E-state index contributed by atoms with van der Waals surface area (Å²) in [7, 11) is 0. The zero-order valence-corrected chi connectivity index (χ0v) is 10.8. The topological polar surface area (TPSA) is 22.1 Å². The molecule has 0 aliphatic rings. The van der Waals surface area contributed by atoms with Gasteiger partial charge in [0.15, 0.2) is 0 Å². The van der Waals surface area contributed by atoms with Crippen molar-refractivity contribution in [2.24, 2.45) is 0 Å². The third-order valence-corrected chi connectivity index (χ3v) is 2.77. The zero-order valence-electron chi connectivity index (χ0n) is 9.28. The number of nitrogens with zero attached hydrogens (tertiary/aromatic N) is 1. The van der Waals surface area contributed by atoms with Gasteiger partial charge in [-0.2, -0.15) is 0 Å². The molecular formula is C13H11Cl2NO. The monoisotopic (exact) mass is 267 g/mol. The Kier molecular flexibility index (Phi) is 3.87. The number of pyridine rings is 1. The standard InChI is InChI=1S/C13H11Cl2NO/c1-9-2-3-13(12(15)6-9)17-8-11-7-10(14)4-5-16-11/h2-7H,8H2,1H3. The summed E-state index contributed by atoms with van der Waals surface area (Å²) >= 11 is 11.9. The third kappa shape index (κ3) is 3.35. The van der Waals surface area contributed by atoms with E-state index >= 15 is 0 Å². The summed E-state index contributed by atoms with van der Waals surface area (Å²) in [5.74, 6) is 0.652. The van der Waals surface area contributed by atoms with Crippen molar-refractivity contribution in [3.05, 3.63) is 57.8 Å². The maximum Gasteiger partial charge on any atom is 0.138 e. The summed E-state index contributed by atoms with van der Waals surface area (Å²) in [6, 6.07) is 9.16. The first-order valence-corrected chi connectivity index (χ1v) is 5.90. The predicted molar refractivity (Wildman–Crippen MR) is 69.8 cm³/mol. The van der Waals surface area contributed by atoms with Crippen molar-refractivity contribution >= 4 is 23.2 Å². The summed E-state index contributed by atoms with van der Waals surface area (Å²) in [6.07, 6.45) is 1.65. The van der Waals surface area contributed by atoms with Gasteiger partial charge in [-0.15, -0.1) is 0 Å². The van der Waals surface area contributed by atoms with E-state index in [9.17, 15) is 0 Å². The molecule has 0 saturated heterocycles. The van der Waals surface area contributed by atoms with E-state index in [0.717, 1.165) is 11.3 Å². The van der Waals surface area contributed by atoms with Crippen LogP contribution in [-0.2, 0) is 6.61 Å². The van der Waals surface area contributed by atoms with Crippen LogP contribution in [0.1, 0.15) is 11.3 Å². The lowest BCUT2D eigenvalue weighted by Gasteiger charge is -2.08. The van der Waals surface area contributed by atoms with Crippen LogP contribution in [0.15, 0.2) is 36.5 Å². The molecule has 0 atom stereocenters. The summed E-state index contributed by atoms with van der Waals surface area (Å²) in [6.45, 7) is 2.33. The van der Waals surface area contributed by atoms with Crippen LogP contribution in [0.5, 0.6) is 5.75 Å². The molecule has 0 N–H and O–H groups in total. The van der Waals surface area contributed by atoms with E-state index in [-0.39, 0.29) is 0 Å². The van der Waals surface area contributed by atoms with E-state index < -0.39 is 0 Å². The molecule has 1 aromatic carbocycles. The van der Waals surface area contributed by atoms with Crippen LogP contribution in [0.2, 0.25) is 10.0 Å². The SMILES string of the molecule is Cc1ccc(OCc2cc(Cl)ccn2)c(Cl)c1. The van der Waals surface area contributed by atoms with Crippen LogP contribution >= 0.6 is 23.2 Å². The first-order chi connectivity index (χ1) is 8.15. The first-order valence-electron chi connectivity index (χ1n) is 5.14. The highest BCUT2D eigenvalue weighted by atomic mass is 35.5. The van der Waals surface area contributed by atoms with E-state index in [1.165, 1.54) is 0 Å². The molecule has 0 radical (unpaired) electrons. The van der Waals surface area contributed by atoms with Gasteiger partial charge in [0.1, 0.15) is 12.4 Å². The normalized spacial score (nSPS) is 10.3. The molecule has 1 aromatic heterocycles. The molecule has 17 heavy (non-hydrogen) atoms. The average Bonchev–Trinajstić information content (AvgIpc) is 2.28. The Bertz CT molecular complexity index is 529. The number of ether oxygens (including phenoxy) is 1. The molecule has 1 heterocycles. The van der Waals surface area contributed by atoms with Crippen molar-refractivity contribution in [2.45, 2.75) is 13.5 Å². The van der Waals surface area contributed by atoms with Crippen molar-refractivity contribution < 1.29 is 4.74 Å². The Morgan fingerprint density at radius 2 is 2.00 bits per heavy atom. The smallest absolute Gasteiger partial charge is 0.138 e. The molecule has 0 saturated carbocycles. The van der Waals surface area contributed by atoms with Gasteiger partial charge in [0.05, 0.1) is 10.7 Å². The van der Waals surface area contributed by atoms with Gasteiger partial charge in [-0.3, -0.25) is 4.98 Å². The summed E-state index contributed by atoms with van der Waals surface area (Å²) in [5.41, 5.74) is 1.87. The van der Waals surface area contributed by atoms with Crippen molar-refractivity contribution in [2.75, 3.05) is 0 Å². The average molecular weight is 268 g/mol. The molecule has 0 fully saturated rings. The Balaban J connectivity index is 2.07. The quantitative estimate of drug-likeness (QED) is 0.829. The predicted octanol–water partition coefficient (Wildman–Crippen LogP) is 4.28. The second-order valence-electron chi connectivity index (χ2n) is 3.69. The fourth-order valence-corrected chi connectivity index (χ4v) is 1.87. The molecular weight excluding hydrogens is 257 g/mol. The van der Waals surface area contributed by atoms with Gasteiger partial charge in [-0.1, -0.05) is 29.3 Å². The molecule has 2 nitrogen and oxygen atoms in total. The fraction of sp³-hybridized carbons (Fsp3) is 0.154. The molecule has 2 aromatic rings. The van der Waals surface area contributed by atoms with E-state index in [1.807, 2.05) is 25.1 Å². The van der Waals surface area contributed by atoms with Gasteiger partial charge in [0.2, 0.25) is 0 Å². The first kappa shape index (κ1) is 12.2. The van der Waals surface area contributed by atoms with Gasteiger partial charge in [0, 0.05) is 11.2 Å². The molecule has 88 valence electrons. The highest BCUT2D eigenvalue weighted by Crippen LogP contribution is 2.25. The van der Waals surface area contributed by atoms with Gasteiger partial charge in [0.25, 0.3) is 0 Å². The number of aryl methyl sites for hydroxylation is 1. The van der Waals surface area contributed by atoms with Crippen LogP contribution < -0.4 is 4.74 Å². The summed E-state index contributed by atoms with van der Waals surface area (Å²) in [4.78, 5) is 4.15. The molecule has 4 heteroatoms. The molecule has 0 bridgehead atoms. The van der Waals surface area contributed by atoms with Crippen LogP contribution in [0, 0.1) is 6.92 Å². The van der Waals surface area contributed by atoms with E-state index in [4.69, 9.17) is 27.9 Å². The second-order valence-corrected chi connectivity index (χ2v) is 4.53. The maximum absolute atomic E-state index is 6.06. The Morgan fingerprint density at radius 3 is 2.71 bits per heavy atom. The highest BCUT2D eigenvalue weighted by molar-refractivity contribution is 6.32. The number of benzene rings is 1. The molecule has 0 aliphatic carbocycles. The van der Waals surface area contributed by atoms with Crippen molar-refractivity contribution in [1.82, 2.24) is 4.98 Å². The lowest BCUT2D eigenvalue weighted by atomic mass is 10.2. The fourth-order valence-electron chi connectivity index (χ4n) is 1.40. The second kappa shape index (κ2) is 5.39. The number of aromatic nitrogens is 1. The molecule has 0 spiro atoms. The van der Waals surface area contributed by atoms with Crippen LogP contribution in [0.4, 0.5) is 0 Å². The van der Waals surface area contributed by atoms with E-state index in [2.05, 4.69) is 4.98 Å². The van der Waals surface area contributed by atoms with Gasteiger partial charge < -0.3 is 4.74 Å². The van der Waals surface area contributed by atoms with Crippen LogP contribution in [0.3, 0.4) is 0 Å². The largest absolute Gasteiger partial charge is 0.486 e. The molecule has 0 aliphatic heterocycles. The number of halogens is 2. The minimum Gasteiger partial charge on any atom is -0.486 e. The number of hydrogen-bond acceptors (Lipinski definition) is 2. The Labute approximate surface area is 110 Å². The molecule has 0 unspecified atom stereocenters. The third-order valence-electron chi connectivity index (χ3n) is 2.24. The van der Waals surface area contributed by atoms with Crippen LogP contribution in [0.25, 0.3) is 0 Å². The lowest BCUT2D eigenvalue weighted by Crippen LogP contribution is -1.98. The van der Waals surface area contributed by atoms with Crippen molar-refractivity contribution in [1.29, 1.82) is 0 Å². The Hall–Kier alpha value is -1.25. The van der Waals surface area contributed by atoms with Crippen molar-refractivity contribution in [3.8, 4) is 5.75 Å². The summed E-state index contributed by atoms with van der Waals surface area (Å²) in [5, 5.41) is 1.25. The minimum absolute atomic E-state index is 0.351. The van der Waals surface area contributed by atoms with Gasteiger partial charge >= 0.3 is 0 Å². The number of rotatable bonds is 3. The van der Waals surface area contributed by atoms with Crippen molar-refractivity contribution in [3.63, 3.8) is 0 Å². The summed E-state index contributed by atoms with van der Waals surface area (Å²) < 4.78 is 5.58.